The lowest BCUT2D eigenvalue weighted by atomic mass is 9.84. The Morgan fingerprint density at radius 3 is 2.21 bits per heavy atom. The molecule has 0 saturated carbocycles. The molecule has 1 aromatic heterocycles. The Hall–Kier alpha value is -4.18. The molecule has 3 aromatic rings. The monoisotopic (exact) mass is 523 g/mol. The summed E-state index contributed by atoms with van der Waals surface area (Å²) in [4.78, 5) is 30.1. The number of aliphatic hydroxyl groups is 1. The number of nitrogens with zero attached hydrogens (tertiary/aromatic N) is 2. The summed E-state index contributed by atoms with van der Waals surface area (Å²) >= 11 is 0. The fraction of sp³-hybridized carbons (Fsp3) is 0.321. The topological polar surface area (TPSA) is 121 Å². The summed E-state index contributed by atoms with van der Waals surface area (Å²) in [6.07, 6.45) is 1.65. The predicted octanol–water partition coefficient (Wildman–Crippen LogP) is 5.91. The number of pyridine rings is 1. The summed E-state index contributed by atoms with van der Waals surface area (Å²) in [6.45, 7) is 4.92. The van der Waals surface area contributed by atoms with Gasteiger partial charge in [0.05, 0.1) is 11.2 Å². The van der Waals surface area contributed by atoms with Gasteiger partial charge < -0.3 is 24.6 Å². The molecule has 9 nitrogen and oxygen atoms in total. The van der Waals surface area contributed by atoms with Crippen molar-refractivity contribution in [3.63, 3.8) is 0 Å². The number of rotatable bonds is 8. The zero-order valence-corrected chi connectivity index (χ0v) is 21.2. The fourth-order valence-electron chi connectivity index (χ4n) is 4.36. The average molecular weight is 524 g/mol. The molecule has 1 saturated heterocycles. The summed E-state index contributed by atoms with van der Waals surface area (Å²) in [5.41, 5.74) is -0.661. The van der Waals surface area contributed by atoms with Gasteiger partial charge in [-0.3, -0.25) is 5.32 Å². The number of aromatic nitrogens is 1. The van der Waals surface area contributed by atoms with Crippen LogP contribution in [0.4, 0.5) is 15.0 Å². The Balaban J connectivity index is 1.52. The number of ether oxygens (including phenoxy) is 2. The molecule has 4 rings (SSSR count). The molecule has 2 heterocycles. The highest BCUT2D eigenvalue weighted by Crippen LogP contribution is 2.32. The summed E-state index contributed by atoms with van der Waals surface area (Å²) in [6, 6.07) is 13.9. The van der Waals surface area contributed by atoms with E-state index in [1.165, 1.54) is 60.7 Å². The van der Waals surface area contributed by atoms with Crippen LogP contribution in [0, 0.1) is 11.7 Å². The van der Waals surface area contributed by atoms with Crippen LogP contribution < -0.4 is 14.8 Å². The van der Waals surface area contributed by atoms with Gasteiger partial charge in [0.25, 0.3) is 0 Å². The molecule has 0 radical (unpaired) electrons. The van der Waals surface area contributed by atoms with Gasteiger partial charge in [-0.1, -0.05) is 13.8 Å². The molecule has 38 heavy (non-hydrogen) atoms. The number of piperidine rings is 1. The second-order valence-corrected chi connectivity index (χ2v) is 9.75. The number of benzene rings is 2. The smallest absolute Gasteiger partial charge is 0.335 e. The normalized spacial score (nSPS) is 14.7. The lowest BCUT2D eigenvalue weighted by molar-refractivity contribution is -0.0268. The van der Waals surface area contributed by atoms with Crippen LogP contribution in [0.5, 0.6) is 23.1 Å². The number of urea groups is 1. The van der Waals surface area contributed by atoms with Gasteiger partial charge in [-0.25, -0.2) is 14.0 Å². The lowest BCUT2D eigenvalue weighted by Crippen LogP contribution is -2.48. The van der Waals surface area contributed by atoms with E-state index in [1.54, 1.807) is 4.90 Å². The van der Waals surface area contributed by atoms with Gasteiger partial charge in [0.1, 0.15) is 28.9 Å². The number of hydrogen-bond acceptors (Lipinski definition) is 6. The van der Waals surface area contributed by atoms with E-state index < -0.39 is 17.4 Å². The predicted molar refractivity (Wildman–Crippen MR) is 138 cm³/mol. The Morgan fingerprint density at radius 2 is 1.61 bits per heavy atom. The molecule has 2 aromatic carbocycles. The lowest BCUT2D eigenvalue weighted by Gasteiger charge is -2.39. The maximum atomic E-state index is 13.3. The summed E-state index contributed by atoms with van der Waals surface area (Å²) in [7, 11) is 0. The first kappa shape index (κ1) is 26.9. The molecule has 1 fully saturated rings. The van der Waals surface area contributed by atoms with Crippen molar-refractivity contribution >= 4 is 17.8 Å². The van der Waals surface area contributed by atoms with Gasteiger partial charge >= 0.3 is 12.0 Å². The van der Waals surface area contributed by atoms with Gasteiger partial charge in [0.15, 0.2) is 0 Å². The highest BCUT2D eigenvalue weighted by molar-refractivity contribution is 5.89. The molecule has 0 atom stereocenters. The van der Waals surface area contributed by atoms with Crippen molar-refractivity contribution < 1.29 is 33.7 Å². The number of carboxylic acid groups (broad SMARTS) is 1. The highest BCUT2D eigenvalue weighted by Gasteiger charge is 2.34. The van der Waals surface area contributed by atoms with Crippen molar-refractivity contribution in [1.82, 2.24) is 9.88 Å². The van der Waals surface area contributed by atoms with E-state index in [2.05, 4.69) is 24.1 Å². The van der Waals surface area contributed by atoms with Crippen LogP contribution in [-0.2, 0) is 0 Å². The quantitative estimate of drug-likeness (QED) is 0.336. The third-order valence-corrected chi connectivity index (χ3v) is 6.15. The largest absolute Gasteiger partial charge is 0.478 e. The molecule has 1 aliphatic rings. The van der Waals surface area contributed by atoms with E-state index in [0.29, 0.717) is 49.8 Å². The molecule has 0 spiro atoms. The minimum absolute atomic E-state index is 0.0940. The van der Waals surface area contributed by atoms with E-state index in [1.807, 2.05) is 0 Å². The van der Waals surface area contributed by atoms with Crippen LogP contribution in [0.25, 0.3) is 0 Å². The highest BCUT2D eigenvalue weighted by atomic mass is 19.1. The molecule has 200 valence electrons. The second kappa shape index (κ2) is 11.5. The van der Waals surface area contributed by atoms with E-state index in [-0.39, 0.29) is 29.0 Å². The standard InChI is InChI=1S/C28H30FN3O6/c1-18(2)17-28(36)11-13-32(14-12-28)27(35)31-24-15-23(37-21-7-3-19(4-8-21)26(33)34)16-25(30-24)38-22-9-5-20(29)6-10-22/h3-10,15-16,18,36H,11-14,17H2,1-2H3,(H,33,34)(H,30,31,35). The summed E-state index contributed by atoms with van der Waals surface area (Å²) < 4.78 is 24.9. The third kappa shape index (κ3) is 7.19. The van der Waals surface area contributed by atoms with Crippen LogP contribution in [0.15, 0.2) is 60.7 Å². The Bertz CT molecular complexity index is 1270. The molecule has 1 aliphatic heterocycles. The first-order valence-corrected chi connectivity index (χ1v) is 12.3. The number of carbonyl (C=O) groups excluding carboxylic acids is 1. The van der Waals surface area contributed by atoms with E-state index in [9.17, 15) is 19.1 Å². The van der Waals surface area contributed by atoms with Crippen molar-refractivity contribution in [3.05, 3.63) is 72.0 Å². The van der Waals surface area contributed by atoms with Crippen molar-refractivity contribution in [1.29, 1.82) is 0 Å². The Morgan fingerprint density at radius 1 is 1.00 bits per heavy atom. The zero-order chi connectivity index (χ0) is 27.3. The first-order valence-electron chi connectivity index (χ1n) is 12.3. The van der Waals surface area contributed by atoms with Crippen LogP contribution >= 0.6 is 0 Å². The molecular weight excluding hydrogens is 493 g/mol. The molecule has 0 aliphatic carbocycles. The first-order chi connectivity index (χ1) is 18.1. The SMILES string of the molecule is CC(C)CC1(O)CCN(C(=O)Nc2cc(Oc3ccc(C(=O)O)cc3)cc(Oc3ccc(F)cc3)n2)CC1. The van der Waals surface area contributed by atoms with E-state index in [4.69, 9.17) is 14.6 Å². The number of halogens is 1. The molecule has 10 heteroatoms. The van der Waals surface area contributed by atoms with Crippen molar-refractivity contribution in [3.8, 4) is 23.1 Å². The summed E-state index contributed by atoms with van der Waals surface area (Å²) in [5, 5.41) is 22.7. The zero-order valence-electron chi connectivity index (χ0n) is 21.2. The maximum absolute atomic E-state index is 13.3. The minimum Gasteiger partial charge on any atom is -0.478 e. The van der Waals surface area contributed by atoms with Crippen molar-refractivity contribution in [2.75, 3.05) is 18.4 Å². The van der Waals surface area contributed by atoms with Gasteiger partial charge in [0, 0.05) is 25.2 Å². The minimum atomic E-state index is -1.05. The number of anilines is 1. The Kier molecular flexibility index (Phi) is 8.11. The molecule has 2 amide bonds. The molecule has 0 bridgehead atoms. The Labute approximate surface area is 219 Å². The molecule has 3 N–H and O–H groups in total. The number of aromatic carboxylic acids is 1. The third-order valence-electron chi connectivity index (χ3n) is 6.15. The van der Waals surface area contributed by atoms with Crippen LogP contribution in [-0.4, -0.2) is 50.8 Å². The van der Waals surface area contributed by atoms with Crippen LogP contribution in [0.2, 0.25) is 0 Å². The average Bonchev–Trinajstić information content (AvgIpc) is 2.85. The molecule has 0 unspecified atom stereocenters. The number of carbonyl (C=O) groups is 2. The second-order valence-electron chi connectivity index (χ2n) is 9.75. The van der Waals surface area contributed by atoms with Gasteiger partial charge in [0.2, 0.25) is 5.88 Å². The van der Waals surface area contributed by atoms with E-state index in [0.717, 1.165) is 0 Å². The summed E-state index contributed by atoms with van der Waals surface area (Å²) in [5.74, 6) is 0.118. The molecular formula is C28H30FN3O6. The number of likely N-dealkylation sites (tertiary alicyclic amines) is 1. The number of carboxylic acids is 1. The van der Waals surface area contributed by atoms with Crippen molar-refractivity contribution in [2.24, 2.45) is 5.92 Å². The number of amides is 2. The number of nitrogens with one attached hydrogen (secondary N) is 1. The van der Waals surface area contributed by atoms with Crippen LogP contribution in [0.1, 0.15) is 43.5 Å². The van der Waals surface area contributed by atoms with Crippen LogP contribution in [0.3, 0.4) is 0 Å². The van der Waals surface area contributed by atoms with Gasteiger partial charge in [-0.05, 0) is 73.7 Å². The van der Waals surface area contributed by atoms with E-state index >= 15 is 0 Å². The van der Waals surface area contributed by atoms with Gasteiger partial charge in [-0.15, -0.1) is 0 Å². The maximum Gasteiger partial charge on any atom is 0.335 e. The number of hydrogen-bond donors (Lipinski definition) is 3. The fourth-order valence-corrected chi connectivity index (χ4v) is 4.36. The van der Waals surface area contributed by atoms with Gasteiger partial charge in [-0.2, -0.15) is 4.98 Å². The van der Waals surface area contributed by atoms with Crippen molar-refractivity contribution in [2.45, 2.75) is 38.7 Å².